The van der Waals surface area contributed by atoms with Gasteiger partial charge in [-0.25, -0.2) is 0 Å². The zero-order valence-electron chi connectivity index (χ0n) is 22.9. The van der Waals surface area contributed by atoms with Crippen LogP contribution in [0, 0.1) is 0 Å². The van der Waals surface area contributed by atoms with Gasteiger partial charge in [0.2, 0.25) is 0 Å². The lowest BCUT2D eigenvalue weighted by atomic mass is 9.92. The van der Waals surface area contributed by atoms with Gasteiger partial charge in [0.25, 0.3) is 0 Å². The first-order chi connectivity index (χ1) is 19.1. The van der Waals surface area contributed by atoms with Crippen LogP contribution in [-0.2, 0) is 59.0 Å². The largest absolute Gasteiger partial charge is 0.462 e. The summed E-state index contributed by atoms with van der Waals surface area (Å²) in [6, 6.07) is 9.14. The minimum atomic E-state index is -1.39. The molecule has 0 aliphatic carbocycles. The predicted octanol–water partition coefficient (Wildman–Crippen LogP) is 2.42. The molecule has 1 aromatic rings. The van der Waals surface area contributed by atoms with Crippen LogP contribution in [0.15, 0.2) is 43.0 Å². The van der Waals surface area contributed by atoms with Crippen molar-refractivity contribution < 1.29 is 52.4 Å². The summed E-state index contributed by atoms with van der Waals surface area (Å²) < 4.78 is 33.9. The van der Waals surface area contributed by atoms with Crippen LogP contribution < -0.4 is 0 Å². The molecule has 11 nitrogen and oxygen atoms in total. The highest BCUT2D eigenvalue weighted by Crippen LogP contribution is 2.33. The number of ether oxygens (including phenoxy) is 6. The van der Waals surface area contributed by atoms with E-state index in [-0.39, 0.29) is 37.9 Å². The van der Waals surface area contributed by atoms with Crippen molar-refractivity contribution in [3.05, 3.63) is 48.6 Å². The molecule has 0 N–H and O–H groups in total. The molecule has 2 unspecified atom stereocenters. The highest BCUT2D eigenvalue weighted by Gasteiger charge is 2.53. The summed E-state index contributed by atoms with van der Waals surface area (Å²) in [7, 11) is 0. The Morgan fingerprint density at radius 1 is 1.00 bits per heavy atom. The van der Waals surface area contributed by atoms with Crippen LogP contribution in [-0.4, -0.2) is 78.8 Å². The molecule has 0 radical (unpaired) electrons. The van der Waals surface area contributed by atoms with Gasteiger partial charge in [0.05, 0.1) is 18.8 Å². The van der Waals surface area contributed by atoms with E-state index in [1.165, 1.54) is 13.8 Å². The highest BCUT2D eigenvalue weighted by molar-refractivity contribution is 5.93. The molecule has 2 aliphatic rings. The van der Waals surface area contributed by atoms with E-state index in [0.29, 0.717) is 12.8 Å². The van der Waals surface area contributed by atoms with Crippen molar-refractivity contribution >= 4 is 29.5 Å². The molecule has 2 saturated heterocycles. The Morgan fingerprint density at radius 2 is 1.70 bits per heavy atom. The van der Waals surface area contributed by atoms with Crippen LogP contribution in [0.2, 0.25) is 0 Å². The van der Waals surface area contributed by atoms with Crippen molar-refractivity contribution in [3.63, 3.8) is 0 Å². The molecule has 0 saturated carbocycles. The van der Waals surface area contributed by atoms with Crippen LogP contribution in [0.5, 0.6) is 0 Å². The Morgan fingerprint density at radius 3 is 2.33 bits per heavy atom. The second kappa shape index (κ2) is 14.8. The van der Waals surface area contributed by atoms with E-state index in [1.807, 2.05) is 30.3 Å². The predicted molar refractivity (Wildman–Crippen MR) is 139 cm³/mol. The zero-order valence-corrected chi connectivity index (χ0v) is 22.9. The normalized spacial score (nSPS) is 26.0. The maximum Gasteiger partial charge on any atom is 0.303 e. The second-order valence-electron chi connectivity index (χ2n) is 9.77. The number of carbonyl (C=O) groups excluding carboxylic acids is 5. The molecule has 2 aliphatic heterocycles. The van der Waals surface area contributed by atoms with Crippen LogP contribution in [0.4, 0.5) is 0 Å². The van der Waals surface area contributed by atoms with E-state index in [2.05, 4.69) is 6.58 Å². The minimum absolute atomic E-state index is 0.0600. The molecule has 218 valence electrons. The third kappa shape index (κ3) is 8.80. The van der Waals surface area contributed by atoms with E-state index in [0.717, 1.165) is 12.5 Å². The first-order valence-electron chi connectivity index (χ1n) is 13.2. The number of hydrogen-bond acceptors (Lipinski definition) is 11. The molecule has 0 spiro atoms. The van der Waals surface area contributed by atoms with Gasteiger partial charge < -0.3 is 28.4 Å². The zero-order chi connectivity index (χ0) is 29.2. The first kappa shape index (κ1) is 31.1. The van der Waals surface area contributed by atoms with Crippen LogP contribution >= 0.6 is 0 Å². The number of ketones is 2. The average Bonchev–Trinajstić information content (AvgIpc) is 3.20. The summed E-state index contributed by atoms with van der Waals surface area (Å²) in [6.45, 7) is 7.09. The maximum absolute atomic E-state index is 13.8. The molecule has 0 aromatic heterocycles. The molecule has 40 heavy (non-hydrogen) atoms. The molecule has 2 heterocycles. The van der Waals surface area contributed by atoms with Crippen LogP contribution in [0.1, 0.15) is 52.0 Å². The number of esters is 3. The van der Waals surface area contributed by atoms with Gasteiger partial charge in [-0.1, -0.05) is 36.4 Å². The average molecular weight is 561 g/mol. The lowest BCUT2D eigenvalue weighted by Crippen LogP contribution is -2.52. The summed E-state index contributed by atoms with van der Waals surface area (Å²) in [5.74, 6) is -2.79. The fraction of sp³-hybridized carbons (Fsp3) is 0.552. The number of Topliss-reactive ketones (excluding diaryl/α,β-unsaturated/α-hetero) is 2. The van der Waals surface area contributed by atoms with Gasteiger partial charge in [0.1, 0.15) is 18.8 Å². The summed E-state index contributed by atoms with van der Waals surface area (Å²) in [5, 5.41) is 0. The van der Waals surface area contributed by atoms with Crippen LogP contribution in [0.25, 0.3) is 0 Å². The monoisotopic (exact) mass is 560 g/mol. The number of rotatable bonds is 13. The van der Waals surface area contributed by atoms with Crippen molar-refractivity contribution in [2.75, 3.05) is 6.61 Å². The fourth-order valence-electron chi connectivity index (χ4n) is 4.79. The van der Waals surface area contributed by atoms with Crippen molar-refractivity contribution in [2.24, 2.45) is 0 Å². The number of hydrogen-bond donors (Lipinski definition) is 0. The Labute approximate surface area is 233 Å². The molecule has 7 atom stereocenters. The lowest BCUT2D eigenvalue weighted by molar-refractivity contribution is -0.187. The molecular formula is C29H36O11. The summed E-state index contributed by atoms with van der Waals surface area (Å²) in [5.41, 5.74) is 0.795. The molecule has 0 amide bonds. The van der Waals surface area contributed by atoms with Gasteiger partial charge in [0.15, 0.2) is 29.9 Å². The van der Waals surface area contributed by atoms with Crippen molar-refractivity contribution in [3.8, 4) is 0 Å². The standard InChI is InChI=1S/C29H36O11/c1-5-9-21-12-13-23(33)26(39-21)29(38-19(4)32)28-25(34)27(36-15-20-10-7-6-8-11-20)24(40-28)14-22(37-18(3)31)16-35-17(2)30/h5-8,10-11,21-22,24,26-29H,1,9,12-16H2,2-4H3/t21?,22?,24-,26+,27+,28-,29-/m1/s1. The van der Waals surface area contributed by atoms with E-state index < -0.39 is 60.3 Å². The molecule has 11 heteroatoms. The fourth-order valence-corrected chi connectivity index (χ4v) is 4.79. The quantitative estimate of drug-likeness (QED) is 0.199. The SMILES string of the molecule is C=CCC1CCC(=O)[C@@H]([C@@H](OC(C)=O)[C@@H]2O[C@H](CC(COC(C)=O)OC(C)=O)[C@H](OCc3ccccc3)C2=O)O1. The van der Waals surface area contributed by atoms with Gasteiger partial charge in [-0.2, -0.15) is 0 Å². The molecule has 2 fully saturated rings. The topological polar surface area (TPSA) is 141 Å². The van der Waals surface area contributed by atoms with E-state index in [9.17, 15) is 24.0 Å². The summed E-state index contributed by atoms with van der Waals surface area (Å²) in [6.07, 6.45) is -4.70. The second-order valence-corrected chi connectivity index (χ2v) is 9.77. The summed E-state index contributed by atoms with van der Waals surface area (Å²) in [4.78, 5) is 61.9. The van der Waals surface area contributed by atoms with E-state index in [4.69, 9.17) is 28.4 Å². The van der Waals surface area contributed by atoms with E-state index in [1.54, 1.807) is 6.08 Å². The molecule has 1 aromatic carbocycles. The van der Waals surface area contributed by atoms with Crippen molar-refractivity contribution in [1.29, 1.82) is 0 Å². The Balaban J connectivity index is 1.89. The van der Waals surface area contributed by atoms with Crippen molar-refractivity contribution in [1.82, 2.24) is 0 Å². The highest BCUT2D eigenvalue weighted by atomic mass is 16.6. The van der Waals surface area contributed by atoms with Crippen molar-refractivity contribution in [2.45, 2.75) is 95.8 Å². The molecular weight excluding hydrogens is 524 g/mol. The van der Waals surface area contributed by atoms with E-state index >= 15 is 0 Å². The number of benzene rings is 1. The van der Waals surface area contributed by atoms with Gasteiger partial charge in [-0.3, -0.25) is 24.0 Å². The van der Waals surface area contributed by atoms with Crippen LogP contribution in [0.3, 0.4) is 0 Å². The Kier molecular flexibility index (Phi) is 11.5. The van der Waals surface area contributed by atoms with Gasteiger partial charge >= 0.3 is 17.9 Å². The lowest BCUT2D eigenvalue weighted by Gasteiger charge is -2.35. The van der Waals surface area contributed by atoms with Gasteiger partial charge in [0, 0.05) is 33.6 Å². The smallest absolute Gasteiger partial charge is 0.303 e. The Bertz CT molecular complexity index is 1070. The maximum atomic E-state index is 13.8. The third-order valence-corrected chi connectivity index (χ3v) is 6.49. The molecule has 0 bridgehead atoms. The number of carbonyl (C=O) groups is 5. The van der Waals surface area contributed by atoms with Gasteiger partial charge in [-0.15, -0.1) is 6.58 Å². The molecule has 3 rings (SSSR count). The Hall–Kier alpha value is -3.41. The third-order valence-electron chi connectivity index (χ3n) is 6.49. The summed E-state index contributed by atoms with van der Waals surface area (Å²) >= 11 is 0. The van der Waals surface area contributed by atoms with Gasteiger partial charge in [-0.05, 0) is 18.4 Å². The first-order valence-corrected chi connectivity index (χ1v) is 13.2. The minimum Gasteiger partial charge on any atom is -0.462 e.